The van der Waals surface area contributed by atoms with Gasteiger partial charge < -0.3 is 15.4 Å². The Morgan fingerprint density at radius 3 is 2.70 bits per heavy atom. The van der Waals surface area contributed by atoms with Crippen LogP contribution in [-0.2, 0) is 10.8 Å². The maximum absolute atomic E-state index is 11.1. The zero-order valence-electron chi connectivity index (χ0n) is 12.6. The van der Waals surface area contributed by atoms with Gasteiger partial charge in [0.2, 0.25) is 5.75 Å². The van der Waals surface area contributed by atoms with Crippen LogP contribution in [0.25, 0.3) is 0 Å². The van der Waals surface area contributed by atoms with Crippen molar-refractivity contribution < 1.29 is 8.95 Å². The van der Waals surface area contributed by atoms with Gasteiger partial charge in [-0.2, -0.15) is 0 Å². The molecule has 1 rings (SSSR count). The van der Waals surface area contributed by atoms with Gasteiger partial charge in [-0.25, -0.2) is 9.97 Å². The molecule has 7 heteroatoms. The lowest BCUT2D eigenvalue weighted by atomic mass is 10.2. The van der Waals surface area contributed by atoms with Crippen LogP contribution < -0.4 is 15.4 Å². The summed E-state index contributed by atoms with van der Waals surface area (Å²) in [7, 11) is 0.828. The average molecular weight is 300 g/mol. The van der Waals surface area contributed by atoms with E-state index in [9.17, 15) is 4.21 Å². The molecule has 0 saturated heterocycles. The Bertz CT molecular complexity index is 442. The lowest BCUT2D eigenvalue weighted by Gasteiger charge is -2.17. The van der Waals surface area contributed by atoms with E-state index >= 15 is 0 Å². The second-order valence-electron chi connectivity index (χ2n) is 4.64. The molecule has 114 valence electrons. The molecule has 0 fully saturated rings. The van der Waals surface area contributed by atoms with Gasteiger partial charge in [0, 0.05) is 35.4 Å². The van der Waals surface area contributed by atoms with Crippen molar-refractivity contribution in [1.82, 2.24) is 9.97 Å². The third-order valence-corrected chi connectivity index (χ3v) is 3.58. The molecule has 2 N–H and O–H groups in total. The van der Waals surface area contributed by atoms with Gasteiger partial charge in [-0.1, -0.05) is 6.92 Å². The Morgan fingerprint density at radius 1 is 1.40 bits per heavy atom. The molecular weight excluding hydrogens is 276 g/mol. The summed E-state index contributed by atoms with van der Waals surface area (Å²) < 4.78 is 16.5. The number of rotatable bonds is 9. The molecule has 0 bridgehead atoms. The van der Waals surface area contributed by atoms with E-state index in [2.05, 4.69) is 27.5 Å². The molecule has 0 radical (unpaired) electrons. The van der Waals surface area contributed by atoms with Gasteiger partial charge in [-0.15, -0.1) is 0 Å². The van der Waals surface area contributed by atoms with Gasteiger partial charge >= 0.3 is 0 Å². The third kappa shape index (κ3) is 5.32. The molecule has 0 aliphatic heterocycles. The molecule has 2 unspecified atom stereocenters. The van der Waals surface area contributed by atoms with Crippen LogP contribution in [0.1, 0.15) is 26.7 Å². The number of hydrogen-bond acceptors (Lipinski definition) is 6. The fraction of sp³-hybridized carbons (Fsp3) is 0.692. The van der Waals surface area contributed by atoms with Crippen molar-refractivity contribution in [3.63, 3.8) is 0 Å². The minimum atomic E-state index is -0.776. The van der Waals surface area contributed by atoms with E-state index in [4.69, 9.17) is 4.74 Å². The van der Waals surface area contributed by atoms with Crippen LogP contribution in [0.15, 0.2) is 6.33 Å². The molecule has 0 aliphatic rings. The van der Waals surface area contributed by atoms with Crippen LogP contribution in [0.5, 0.6) is 5.75 Å². The van der Waals surface area contributed by atoms with E-state index in [1.807, 2.05) is 6.92 Å². The summed E-state index contributed by atoms with van der Waals surface area (Å²) in [6.07, 6.45) is 5.04. The highest BCUT2D eigenvalue weighted by molar-refractivity contribution is 7.84. The largest absolute Gasteiger partial charge is 0.490 e. The van der Waals surface area contributed by atoms with E-state index in [-0.39, 0.29) is 6.04 Å². The van der Waals surface area contributed by atoms with E-state index in [1.165, 1.54) is 6.33 Å². The van der Waals surface area contributed by atoms with Crippen LogP contribution in [0.3, 0.4) is 0 Å². The Labute approximate surface area is 123 Å². The van der Waals surface area contributed by atoms with E-state index in [0.717, 1.165) is 19.4 Å². The van der Waals surface area contributed by atoms with Crippen molar-refractivity contribution in [3.05, 3.63) is 6.33 Å². The van der Waals surface area contributed by atoms with Gasteiger partial charge in [0.05, 0.1) is 7.11 Å². The molecule has 1 heterocycles. The van der Waals surface area contributed by atoms with Gasteiger partial charge in [-0.05, 0) is 19.8 Å². The van der Waals surface area contributed by atoms with E-state index in [0.29, 0.717) is 23.1 Å². The number of hydrogen-bond donors (Lipinski definition) is 2. The second kappa shape index (κ2) is 8.73. The van der Waals surface area contributed by atoms with Crippen molar-refractivity contribution >= 4 is 22.4 Å². The highest BCUT2D eigenvalue weighted by Gasteiger charge is 2.13. The van der Waals surface area contributed by atoms with Crippen LogP contribution >= 0.6 is 0 Å². The molecule has 6 nitrogen and oxygen atoms in total. The minimum Gasteiger partial charge on any atom is -0.490 e. The number of methoxy groups -OCH3 is 1. The summed E-state index contributed by atoms with van der Waals surface area (Å²) in [6, 6.07) is 0.168. The average Bonchev–Trinajstić information content (AvgIpc) is 2.43. The summed E-state index contributed by atoms with van der Waals surface area (Å²) in [5, 5.41) is 6.50. The predicted molar refractivity (Wildman–Crippen MR) is 84.0 cm³/mol. The molecule has 0 spiro atoms. The number of nitrogens with one attached hydrogen (secondary N) is 2. The lowest BCUT2D eigenvalue weighted by Crippen LogP contribution is -2.19. The van der Waals surface area contributed by atoms with Crippen LogP contribution in [0.2, 0.25) is 0 Å². The first-order valence-electron chi connectivity index (χ1n) is 6.77. The molecule has 0 aromatic carbocycles. The molecule has 1 aromatic heterocycles. The number of nitrogens with zero attached hydrogens (tertiary/aromatic N) is 2. The topological polar surface area (TPSA) is 76.1 Å². The number of aromatic nitrogens is 2. The Morgan fingerprint density at radius 2 is 2.10 bits per heavy atom. The Hall–Kier alpha value is -1.37. The number of ether oxygens (including phenoxy) is 1. The Balaban J connectivity index is 2.75. The highest BCUT2D eigenvalue weighted by Crippen LogP contribution is 2.29. The van der Waals surface area contributed by atoms with Gasteiger partial charge in [0.1, 0.15) is 6.33 Å². The normalized spacial score (nSPS) is 13.6. The maximum Gasteiger partial charge on any atom is 0.204 e. The quantitative estimate of drug-likeness (QED) is 0.725. The van der Waals surface area contributed by atoms with Crippen LogP contribution in [-0.4, -0.2) is 45.9 Å². The number of anilines is 2. The summed E-state index contributed by atoms with van der Waals surface area (Å²) in [6.45, 7) is 4.96. The zero-order chi connectivity index (χ0) is 15.0. The fourth-order valence-electron chi connectivity index (χ4n) is 1.69. The second-order valence-corrected chi connectivity index (χ2v) is 6.20. The van der Waals surface area contributed by atoms with Crippen molar-refractivity contribution in [3.8, 4) is 5.75 Å². The van der Waals surface area contributed by atoms with Crippen LogP contribution in [0.4, 0.5) is 11.6 Å². The summed E-state index contributed by atoms with van der Waals surface area (Å²) in [5.41, 5.74) is 0. The van der Waals surface area contributed by atoms with Crippen LogP contribution in [0, 0.1) is 0 Å². The zero-order valence-corrected chi connectivity index (χ0v) is 13.4. The van der Waals surface area contributed by atoms with Crippen molar-refractivity contribution in [2.75, 3.05) is 36.3 Å². The summed E-state index contributed by atoms with van der Waals surface area (Å²) in [5.74, 6) is 2.64. The first kappa shape index (κ1) is 16.7. The summed E-state index contributed by atoms with van der Waals surface area (Å²) in [4.78, 5) is 8.42. The van der Waals surface area contributed by atoms with Crippen molar-refractivity contribution in [2.45, 2.75) is 32.7 Å². The first-order valence-corrected chi connectivity index (χ1v) is 8.50. The highest BCUT2D eigenvalue weighted by atomic mass is 32.2. The minimum absolute atomic E-state index is 0.168. The lowest BCUT2D eigenvalue weighted by molar-refractivity contribution is 0.414. The Kier molecular flexibility index (Phi) is 7.28. The standard InChI is InChI=1S/C13H24N4O2S/c1-5-7-14-12-11(19-3)13(16-9-15-12)17-10(2)6-8-20(4)18/h9-10H,5-8H2,1-4H3,(H2,14,15,16,17). The predicted octanol–water partition coefficient (Wildman–Crippen LogP) is 1.88. The van der Waals surface area contributed by atoms with Gasteiger partial charge in [0.15, 0.2) is 11.6 Å². The molecule has 2 atom stereocenters. The molecule has 0 saturated carbocycles. The van der Waals surface area contributed by atoms with Crippen molar-refractivity contribution in [2.24, 2.45) is 0 Å². The molecule has 20 heavy (non-hydrogen) atoms. The fourth-order valence-corrected chi connectivity index (χ4v) is 2.37. The molecular formula is C13H24N4O2S. The first-order chi connectivity index (χ1) is 9.58. The SMILES string of the molecule is CCCNc1ncnc(NC(C)CCS(C)=O)c1OC. The molecule has 0 amide bonds. The maximum atomic E-state index is 11.1. The van der Waals surface area contributed by atoms with E-state index in [1.54, 1.807) is 13.4 Å². The summed E-state index contributed by atoms with van der Waals surface area (Å²) >= 11 is 0. The monoisotopic (exact) mass is 300 g/mol. The molecule has 0 aliphatic carbocycles. The third-order valence-electron chi connectivity index (χ3n) is 2.77. The van der Waals surface area contributed by atoms with E-state index < -0.39 is 10.8 Å². The molecule has 1 aromatic rings. The van der Waals surface area contributed by atoms with Gasteiger partial charge in [0.25, 0.3) is 0 Å². The van der Waals surface area contributed by atoms with Gasteiger partial charge in [-0.3, -0.25) is 4.21 Å². The smallest absolute Gasteiger partial charge is 0.204 e. The van der Waals surface area contributed by atoms with Crippen molar-refractivity contribution in [1.29, 1.82) is 0 Å².